The molecule has 25 nitrogen and oxygen atoms in total. The van der Waals surface area contributed by atoms with Gasteiger partial charge in [0.1, 0.15) is 36.3 Å². The lowest BCUT2D eigenvalue weighted by Crippen LogP contribution is -2.46. The van der Waals surface area contributed by atoms with Crippen LogP contribution in [0.4, 0.5) is 5.82 Å². The van der Waals surface area contributed by atoms with Crippen LogP contribution in [0.1, 0.15) is 39.8 Å². The number of hydrogen-bond acceptors (Lipinski definition) is 19. The summed E-state index contributed by atoms with van der Waals surface area (Å²) in [6.45, 7) is 2.02. The van der Waals surface area contributed by atoms with Crippen LogP contribution in [0.3, 0.4) is 0 Å². The molecule has 11 N–H and O–H groups in total. The number of phosphoric acid groups is 3. The second kappa shape index (κ2) is 19.5. The second-order valence-corrected chi connectivity index (χ2v) is 17.5. The molecule has 3 rings (SSSR count). The Kier molecular flexibility index (Phi) is 16.5. The van der Waals surface area contributed by atoms with Crippen molar-refractivity contribution in [2.24, 2.45) is 5.41 Å². The van der Waals surface area contributed by atoms with Gasteiger partial charge in [0.25, 0.3) is 5.12 Å². The van der Waals surface area contributed by atoms with Gasteiger partial charge in [-0.15, -0.1) is 0 Å². The minimum atomic E-state index is -5.58. The summed E-state index contributed by atoms with van der Waals surface area (Å²) in [5.41, 5.74) is 4.22. The summed E-state index contributed by atoms with van der Waals surface area (Å²) in [5, 5.41) is 35.2. The first-order valence-electron chi connectivity index (χ1n) is 15.9. The van der Waals surface area contributed by atoms with Crippen LogP contribution in [0.5, 0.6) is 0 Å². The van der Waals surface area contributed by atoms with E-state index in [-0.39, 0.29) is 48.0 Å². The summed E-state index contributed by atoms with van der Waals surface area (Å²) in [6, 6.07) is 0. The van der Waals surface area contributed by atoms with Crippen molar-refractivity contribution in [1.29, 1.82) is 0 Å². The summed E-state index contributed by atoms with van der Waals surface area (Å²) >= 11 is 0.800. The number of rotatable bonds is 21. The molecule has 2 aromatic rings. The largest absolute Gasteiger partial charge is 0.504 e. The Hall–Kier alpha value is -2.90. The van der Waals surface area contributed by atoms with E-state index in [4.69, 9.17) is 19.5 Å². The number of nitrogens with one attached hydrogen (secondary N) is 2. The first-order chi connectivity index (χ1) is 25.5. The molecular weight excluding hydrogens is 823 g/mol. The highest BCUT2D eigenvalue weighted by Crippen LogP contribution is 2.61. The number of aromatic nitrogens is 4. The first-order valence-corrected chi connectivity index (χ1v) is 21.4. The molecule has 0 aromatic carbocycles. The average molecular weight is 866 g/mol. The van der Waals surface area contributed by atoms with Gasteiger partial charge in [-0.2, -0.15) is 4.31 Å². The molecule has 55 heavy (non-hydrogen) atoms. The van der Waals surface area contributed by atoms with E-state index < -0.39 is 89.7 Å². The summed E-state index contributed by atoms with van der Waals surface area (Å²) < 4.78 is 62.0. The SMILES string of the molecule is CCC=C(O)C(=O)SCCNC(=O)CCNC(=O)[C@H](O)C(C)(C)COP(=O)(O)OP(=O)(O)OC[C@H]1O[C@@H](n2cnc3c(N)ncnc32)[C@H](O)[C@@H]1OP(=O)(O)O. The van der Waals surface area contributed by atoms with E-state index in [9.17, 15) is 63.0 Å². The van der Waals surface area contributed by atoms with Gasteiger partial charge in [0, 0.05) is 30.7 Å². The molecule has 2 aromatic heterocycles. The van der Waals surface area contributed by atoms with Gasteiger partial charge in [-0.05, 0) is 12.5 Å². The molecule has 7 atom stereocenters. The van der Waals surface area contributed by atoms with E-state index in [0.717, 1.165) is 29.0 Å². The molecule has 1 aliphatic rings. The molecule has 0 aliphatic carbocycles. The Morgan fingerprint density at radius 3 is 2.42 bits per heavy atom. The molecule has 1 aliphatic heterocycles. The Labute approximate surface area is 316 Å². The van der Waals surface area contributed by atoms with Gasteiger partial charge in [0.05, 0.1) is 19.5 Å². The highest BCUT2D eigenvalue weighted by atomic mass is 32.2. The van der Waals surface area contributed by atoms with E-state index in [0.29, 0.717) is 6.42 Å². The van der Waals surface area contributed by atoms with Crippen LogP contribution >= 0.6 is 35.2 Å². The van der Waals surface area contributed by atoms with Crippen molar-refractivity contribution in [3.63, 3.8) is 0 Å². The van der Waals surface area contributed by atoms with Crippen molar-refractivity contribution in [2.45, 2.75) is 64.3 Å². The van der Waals surface area contributed by atoms with Gasteiger partial charge in [-0.1, -0.05) is 32.5 Å². The average Bonchev–Trinajstić information content (AvgIpc) is 3.64. The normalized spacial score (nSPS) is 22.2. The highest BCUT2D eigenvalue weighted by Gasteiger charge is 2.50. The van der Waals surface area contributed by atoms with E-state index in [2.05, 4.69) is 34.4 Å². The van der Waals surface area contributed by atoms with Gasteiger partial charge < -0.3 is 56.0 Å². The number of hydrogen-bond donors (Lipinski definition) is 10. The van der Waals surface area contributed by atoms with E-state index in [1.54, 1.807) is 6.92 Å². The number of nitrogens with zero attached hydrogens (tertiary/aromatic N) is 4. The minimum Gasteiger partial charge on any atom is -0.504 e. The van der Waals surface area contributed by atoms with E-state index >= 15 is 0 Å². The zero-order valence-corrected chi connectivity index (χ0v) is 32.8. The second-order valence-electron chi connectivity index (χ2n) is 12.2. The summed E-state index contributed by atoms with van der Waals surface area (Å²) in [7, 11) is -16.4. The van der Waals surface area contributed by atoms with Crippen LogP contribution in [0.15, 0.2) is 24.5 Å². The molecule has 310 valence electrons. The van der Waals surface area contributed by atoms with Gasteiger partial charge in [-0.3, -0.25) is 32.5 Å². The van der Waals surface area contributed by atoms with Crippen LogP contribution in [0.25, 0.3) is 11.2 Å². The molecular formula is C26H42N7O18P3S. The number of nitrogen functional groups attached to an aromatic ring is 1. The van der Waals surface area contributed by atoms with Crippen molar-refractivity contribution < 1.29 is 85.6 Å². The topological polar surface area (TPSA) is 384 Å². The Morgan fingerprint density at radius 2 is 1.76 bits per heavy atom. The van der Waals surface area contributed by atoms with Crippen molar-refractivity contribution in [1.82, 2.24) is 30.2 Å². The number of anilines is 1. The molecule has 3 heterocycles. The fourth-order valence-electron chi connectivity index (χ4n) is 4.62. The number of carbonyl (C=O) groups is 3. The van der Waals surface area contributed by atoms with Crippen LogP contribution in [0, 0.1) is 5.41 Å². The lowest BCUT2D eigenvalue weighted by molar-refractivity contribution is -0.137. The molecule has 2 amide bonds. The molecule has 0 saturated carbocycles. The smallest absolute Gasteiger partial charge is 0.481 e. The third kappa shape index (κ3) is 13.9. The Balaban J connectivity index is 1.50. The summed E-state index contributed by atoms with van der Waals surface area (Å²) in [5.74, 6) is -1.76. The molecule has 1 fully saturated rings. The number of ether oxygens (including phenoxy) is 1. The number of aliphatic hydroxyl groups is 3. The Morgan fingerprint density at radius 1 is 1.09 bits per heavy atom. The maximum absolute atomic E-state index is 12.7. The lowest BCUT2D eigenvalue weighted by Gasteiger charge is -2.30. The number of carbonyl (C=O) groups excluding carboxylic acids is 3. The van der Waals surface area contributed by atoms with Crippen LogP contribution in [-0.2, 0) is 50.7 Å². The van der Waals surface area contributed by atoms with Gasteiger partial charge in [-0.25, -0.2) is 28.6 Å². The summed E-state index contributed by atoms with van der Waals surface area (Å²) in [6.07, 6.45) is -5.20. The molecule has 1 saturated heterocycles. The van der Waals surface area contributed by atoms with Crippen molar-refractivity contribution >= 4 is 69.1 Å². The number of imidazole rings is 1. The van der Waals surface area contributed by atoms with Crippen LogP contribution < -0.4 is 16.4 Å². The summed E-state index contributed by atoms with van der Waals surface area (Å²) in [4.78, 5) is 87.1. The quantitative estimate of drug-likeness (QED) is 0.0328. The van der Waals surface area contributed by atoms with E-state index in [1.165, 1.54) is 19.9 Å². The number of amides is 2. The fourth-order valence-corrected chi connectivity index (χ4v) is 8.07. The molecule has 0 radical (unpaired) electrons. The minimum absolute atomic E-state index is 0.0244. The number of nitrogens with two attached hydrogens (primary N) is 1. The maximum atomic E-state index is 12.7. The number of thioether (sulfide) groups is 1. The third-order valence-corrected chi connectivity index (χ3v) is 11.3. The zero-order chi connectivity index (χ0) is 41.4. The maximum Gasteiger partial charge on any atom is 0.481 e. The monoisotopic (exact) mass is 865 g/mol. The van der Waals surface area contributed by atoms with Gasteiger partial charge in [0.15, 0.2) is 23.5 Å². The fraction of sp³-hybridized carbons (Fsp3) is 0.615. The van der Waals surface area contributed by atoms with Crippen molar-refractivity contribution in [2.75, 3.05) is 37.8 Å². The number of allylic oxidation sites excluding steroid dienone is 1. The predicted octanol–water partition coefficient (Wildman–Crippen LogP) is -0.483. The predicted molar refractivity (Wildman–Crippen MR) is 188 cm³/mol. The highest BCUT2D eigenvalue weighted by molar-refractivity contribution is 8.14. The molecule has 0 spiro atoms. The molecule has 29 heteroatoms. The standard InChI is InChI=1S/C26H42N7O18P3S/c1-4-5-14(34)25(39)55-9-8-28-16(35)6-7-29-23(38)20(37)26(2,3)11-48-54(45,46)51-53(43,44)47-10-15-19(50-52(40,41)42)18(36)24(49-15)33-13-32-17-21(27)30-12-31-22(17)33/h5,12-13,15,18-20,24,34,36-37H,4,6-11H2,1-3H3,(H,28,35)(H,29,38)(H,43,44)(H,45,46)(H2,27,30,31)(H2,40,41,42)/t15-,18-,19-,20+,24-/m1/s1. The van der Waals surface area contributed by atoms with E-state index in [1.807, 2.05) is 0 Å². The van der Waals surface area contributed by atoms with Gasteiger partial charge in [0.2, 0.25) is 11.8 Å². The third-order valence-electron chi connectivity index (χ3n) is 7.34. The van der Waals surface area contributed by atoms with Crippen LogP contribution in [-0.4, -0.2) is 128 Å². The van der Waals surface area contributed by atoms with Gasteiger partial charge >= 0.3 is 23.5 Å². The lowest BCUT2D eigenvalue weighted by atomic mass is 9.87. The number of aliphatic hydroxyl groups excluding tert-OH is 3. The molecule has 2 unspecified atom stereocenters. The Bertz CT molecular complexity index is 1860. The first kappa shape index (κ1) is 46.5. The number of fused-ring (bicyclic) bond motifs is 1. The molecule has 0 bridgehead atoms. The zero-order valence-electron chi connectivity index (χ0n) is 29.3. The van der Waals surface area contributed by atoms with Crippen LogP contribution in [0.2, 0.25) is 0 Å². The van der Waals surface area contributed by atoms with Crippen molar-refractivity contribution in [3.8, 4) is 0 Å². The number of phosphoric ester groups is 3. The van der Waals surface area contributed by atoms with Crippen molar-refractivity contribution in [3.05, 3.63) is 24.5 Å².